The van der Waals surface area contributed by atoms with Gasteiger partial charge in [-0.1, -0.05) is 6.07 Å². The van der Waals surface area contributed by atoms with Crippen LogP contribution in [0.1, 0.15) is 13.3 Å². The molecule has 1 aromatic rings. The number of carbonyl (C=O) groups is 3. The molecule has 1 rings (SSSR count). The second-order valence-corrected chi connectivity index (χ2v) is 5.91. The highest BCUT2D eigenvalue weighted by atomic mass is 32.2. The van der Waals surface area contributed by atoms with E-state index >= 15 is 0 Å². The third-order valence-electron chi connectivity index (χ3n) is 2.97. The maximum atomic E-state index is 13.1. The smallest absolute Gasteiger partial charge is 0.329 e. The lowest BCUT2D eigenvalue weighted by Gasteiger charge is -2.19. The molecular weight excluding hydrogens is 337 g/mol. The van der Waals surface area contributed by atoms with Gasteiger partial charge in [0.25, 0.3) is 5.91 Å². The summed E-state index contributed by atoms with van der Waals surface area (Å²) >= 11 is 1.49. The van der Waals surface area contributed by atoms with Gasteiger partial charge in [-0.25, -0.2) is 14.0 Å². The van der Waals surface area contributed by atoms with Gasteiger partial charge < -0.3 is 21.1 Å². The molecule has 0 saturated carbocycles. The van der Waals surface area contributed by atoms with Crippen LogP contribution in [0.4, 0.5) is 14.9 Å². The molecule has 132 valence electrons. The standard InChI is InChI=1S/C15H20FN3O4S/c1-9(13(20)18-11-5-3-4-10(16)8-11)23-14(21)12(6-7-24-2)19-15(17)22/h3-5,8-9,12H,6-7H2,1-2H3,(H,18,20)(H3,17,19,22)/t9-,12+/m1/s1. The quantitative estimate of drug-likeness (QED) is 0.611. The summed E-state index contributed by atoms with van der Waals surface area (Å²) in [6.45, 7) is 1.38. The molecule has 0 spiro atoms. The molecule has 0 aliphatic carbocycles. The first-order chi connectivity index (χ1) is 11.3. The zero-order valence-electron chi connectivity index (χ0n) is 13.4. The zero-order valence-corrected chi connectivity index (χ0v) is 14.2. The first kappa shape index (κ1) is 19.8. The van der Waals surface area contributed by atoms with E-state index in [0.29, 0.717) is 12.2 Å². The number of esters is 1. The van der Waals surface area contributed by atoms with Gasteiger partial charge in [-0.05, 0) is 43.6 Å². The Morgan fingerprint density at radius 3 is 2.67 bits per heavy atom. The molecule has 0 aliphatic rings. The molecule has 0 unspecified atom stereocenters. The number of nitrogens with two attached hydrogens (primary N) is 1. The molecule has 3 amide bonds. The van der Waals surface area contributed by atoms with Gasteiger partial charge in [0.05, 0.1) is 0 Å². The van der Waals surface area contributed by atoms with E-state index in [0.717, 1.165) is 6.07 Å². The first-order valence-corrected chi connectivity index (χ1v) is 8.54. The summed E-state index contributed by atoms with van der Waals surface area (Å²) in [5, 5.41) is 4.72. The Kier molecular flexibility index (Phi) is 8.03. The van der Waals surface area contributed by atoms with Crippen molar-refractivity contribution in [2.45, 2.75) is 25.5 Å². The van der Waals surface area contributed by atoms with E-state index in [-0.39, 0.29) is 5.69 Å². The largest absolute Gasteiger partial charge is 0.451 e. The van der Waals surface area contributed by atoms with Crippen molar-refractivity contribution in [3.8, 4) is 0 Å². The number of anilines is 1. The van der Waals surface area contributed by atoms with Crippen molar-refractivity contribution in [3.63, 3.8) is 0 Å². The second-order valence-electron chi connectivity index (χ2n) is 4.92. The molecule has 4 N–H and O–H groups in total. The van der Waals surface area contributed by atoms with Gasteiger partial charge >= 0.3 is 12.0 Å². The molecule has 7 nitrogen and oxygen atoms in total. The monoisotopic (exact) mass is 357 g/mol. The van der Waals surface area contributed by atoms with E-state index < -0.39 is 35.9 Å². The van der Waals surface area contributed by atoms with E-state index in [4.69, 9.17) is 10.5 Å². The van der Waals surface area contributed by atoms with Crippen molar-refractivity contribution in [2.24, 2.45) is 5.73 Å². The molecular formula is C15H20FN3O4S. The van der Waals surface area contributed by atoms with Crippen molar-refractivity contribution in [3.05, 3.63) is 30.1 Å². The van der Waals surface area contributed by atoms with Gasteiger partial charge in [-0.2, -0.15) is 11.8 Å². The minimum atomic E-state index is -1.12. The molecule has 0 heterocycles. The highest BCUT2D eigenvalue weighted by molar-refractivity contribution is 7.98. The molecule has 0 fully saturated rings. The topological polar surface area (TPSA) is 111 Å². The molecule has 24 heavy (non-hydrogen) atoms. The maximum absolute atomic E-state index is 13.1. The number of amides is 3. The number of carbonyl (C=O) groups excluding carboxylic acids is 3. The van der Waals surface area contributed by atoms with Gasteiger partial charge in [0.15, 0.2) is 6.10 Å². The van der Waals surface area contributed by atoms with Crippen LogP contribution >= 0.6 is 11.8 Å². The molecule has 1 aromatic carbocycles. The molecule has 0 bridgehead atoms. The van der Waals surface area contributed by atoms with Gasteiger partial charge in [0.1, 0.15) is 11.9 Å². The fraction of sp³-hybridized carbons (Fsp3) is 0.400. The first-order valence-electron chi connectivity index (χ1n) is 7.15. The summed E-state index contributed by atoms with van der Waals surface area (Å²) < 4.78 is 18.1. The van der Waals surface area contributed by atoms with Crippen LogP contribution in [0.25, 0.3) is 0 Å². The van der Waals surface area contributed by atoms with E-state index in [1.807, 2.05) is 6.26 Å². The third kappa shape index (κ3) is 6.86. The number of hydrogen-bond donors (Lipinski definition) is 3. The Morgan fingerprint density at radius 2 is 2.08 bits per heavy atom. The second kappa shape index (κ2) is 9.76. The number of primary amides is 1. The highest BCUT2D eigenvalue weighted by Crippen LogP contribution is 2.11. The molecule has 0 aromatic heterocycles. The van der Waals surface area contributed by atoms with E-state index in [9.17, 15) is 18.8 Å². The Hall–Kier alpha value is -2.29. The number of ether oxygens (including phenoxy) is 1. The minimum Gasteiger partial charge on any atom is -0.451 e. The SMILES string of the molecule is CSCC[C@H](NC(N)=O)C(=O)O[C@H](C)C(=O)Nc1cccc(F)c1. The highest BCUT2D eigenvalue weighted by Gasteiger charge is 2.25. The Bertz CT molecular complexity index is 600. The van der Waals surface area contributed by atoms with E-state index in [1.54, 1.807) is 0 Å². The molecule has 0 saturated heterocycles. The zero-order chi connectivity index (χ0) is 18.1. The number of nitrogens with one attached hydrogen (secondary N) is 2. The van der Waals surface area contributed by atoms with E-state index in [1.165, 1.54) is 36.9 Å². The lowest BCUT2D eigenvalue weighted by molar-refractivity contribution is -0.155. The normalized spacial score (nSPS) is 12.8. The molecule has 9 heteroatoms. The Labute approximate surface area is 143 Å². The summed E-state index contributed by atoms with van der Waals surface area (Å²) in [6.07, 6.45) is 1.05. The lowest BCUT2D eigenvalue weighted by atomic mass is 10.2. The Balaban J connectivity index is 2.62. The number of thioether (sulfide) groups is 1. The van der Waals surface area contributed by atoms with E-state index in [2.05, 4.69) is 10.6 Å². The van der Waals surface area contributed by atoms with Crippen molar-refractivity contribution in [1.29, 1.82) is 0 Å². The van der Waals surface area contributed by atoms with Crippen molar-refractivity contribution in [2.75, 3.05) is 17.3 Å². The summed E-state index contributed by atoms with van der Waals surface area (Å²) in [4.78, 5) is 35.0. The summed E-state index contributed by atoms with van der Waals surface area (Å²) in [5.74, 6) is -1.27. The van der Waals surface area contributed by atoms with Crippen LogP contribution in [-0.4, -0.2) is 42.1 Å². The van der Waals surface area contributed by atoms with Crippen molar-refractivity contribution in [1.82, 2.24) is 5.32 Å². The maximum Gasteiger partial charge on any atom is 0.329 e. The number of rotatable bonds is 8. The minimum absolute atomic E-state index is 0.247. The number of hydrogen-bond acceptors (Lipinski definition) is 5. The number of benzene rings is 1. The van der Waals surface area contributed by atoms with Crippen LogP contribution in [0.2, 0.25) is 0 Å². The Morgan fingerprint density at radius 1 is 1.38 bits per heavy atom. The van der Waals surface area contributed by atoms with Crippen LogP contribution in [0.15, 0.2) is 24.3 Å². The average Bonchev–Trinajstić information content (AvgIpc) is 2.50. The number of urea groups is 1. The fourth-order valence-corrected chi connectivity index (χ4v) is 2.25. The molecule has 2 atom stereocenters. The third-order valence-corrected chi connectivity index (χ3v) is 3.61. The number of halogens is 1. The predicted molar refractivity (Wildman–Crippen MR) is 90.1 cm³/mol. The lowest BCUT2D eigenvalue weighted by Crippen LogP contribution is -2.46. The van der Waals surface area contributed by atoms with Crippen molar-refractivity contribution >= 4 is 35.4 Å². The summed E-state index contributed by atoms with van der Waals surface area (Å²) in [7, 11) is 0. The van der Waals surface area contributed by atoms with Gasteiger partial charge in [0, 0.05) is 5.69 Å². The fourth-order valence-electron chi connectivity index (χ4n) is 1.78. The molecule has 0 aliphatic heterocycles. The summed E-state index contributed by atoms with van der Waals surface area (Å²) in [5.41, 5.74) is 5.28. The van der Waals surface area contributed by atoms with Crippen LogP contribution < -0.4 is 16.4 Å². The van der Waals surface area contributed by atoms with Gasteiger partial charge in [-0.3, -0.25) is 4.79 Å². The predicted octanol–water partition coefficient (Wildman–Crippen LogP) is 1.49. The van der Waals surface area contributed by atoms with Gasteiger partial charge in [0.2, 0.25) is 0 Å². The van der Waals surface area contributed by atoms with Crippen LogP contribution in [-0.2, 0) is 14.3 Å². The van der Waals surface area contributed by atoms with Crippen LogP contribution in [0.3, 0.4) is 0 Å². The van der Waals surface area contributed by atoms with Gasteiger partial charge in [-0.15, -0.1) is 0 Å². The summed E-state index contributed by atoms with van der Waals surface area (Å²) in [6, 6.07) is 3.55. The van der Waals surface area contributed by atoms with Crippen LogP contribution in [0, 0.1) is 5.82 Å². The average molecular weight is 357 g/mol. The molecule has 0 radical (unpaired) electrons. The van der Waals surface area contributed by atoms with Crippen molar-refractivity contribution < 1.29 is 23.5 Å². The van der Waals surface area contributed by atoms with Crippen LogP contribution in [0.5, 0.6) is 0 Å².